The van der Waals surface area contributed by atoms with Gasteiger partial charge in [0.2, 0.25) is 0 Å². The number of benzene rings is 2. The molecule has 0 aliphatic carbocycles. The summed E-state index contributed by atoms with van der Waals surface area (Å²) < 4.78 is 11.8. The van der Waals surface area contributed by atoms with Crippen LogP contribution < -0.4 is 20.1 Å². The Bertz CT molecular complexity index is 867. The Kier molecular flexibility index (Phi) is 7.13. The minimum Gasteiger partial charge on any atom is -0.495 e. The smallest absolute Gasteiger partial charge is 0.326 e. The van der Waals surface area contributed by atoms with Gasteiger partial charge in [-0.25, -0.2) is 4.79 Å². The normalized spacial score (nSPS) is 10.3. The van der Waals surface area contributed by atoms with Crippen molar-refractivity contribution in [3.8, 4) is 11.5 Å². The van der Waals surface area contributed by atoms with Crippen molar-refractivity contribution in [2.45, 2.75) is 13.8 Å². The van der Waals surface area contributed by atoms with Crippen LogP contribution in [0.3, 0.4) is 0 Å². The topological polar surface area (TPSA) is 76.7 Å². The average molecular weight is 521 g/mol. The Balaban J connectivity index is 2.32. The maximum Gasteiger partial charge on any atom is 0.326 e. The summed E-state index contributed by atoms with van der Waals surface area (Å²) in [7, 11) is 2.78. The first-order valence-corrected chi connectivity index (χ1v) is 9.65. The average Bonchev–Trinajstić information content (AvgIpc) is 2.57. The van der Waals surface area contributed by atoms with E-state index < -0.39 is 11.9 Å². The summed E-state index contributed by atoms with van der Waals surface area (Å²) in [6.45, 7) is 3.71. The molecule has 27 heavy (non-hydrogen) atoms. The largest absolute Gasteiger partial charge is 0.495 e. The van der Waals surface area contributed by atoms with E-state index in [4.69, 9.17) is 21.1 Å². The van der Waals surface area contributed by atoms with Crippen LogP contribution in [0.25, 0.3) is 0 Å². The van der Waals surface area contributed by atoms with Gasteiger partial charge in [0, 0.05) is 10.2 Å². The van der Waals surface area contributed by atoms with Crippen LogP contribution in [0, 0.1) is 13.8 Å². The van der Waals surface area contributed by atoms with Crippen LogP contribution in [0.1, 0.15) is 21.5 Å². The van der Waals surface area contributed by atoms with E-state index in [2.05, 4.69) is 42.5 Å². The fourth-order valence-corrected chi connectivity index (χ4v) is 4.30. The van der Waals surface area contributed by atoms with Gasteiger partial charge >= 0.3 is 6.03 Å². The van der Waals surface area contributed by atoms with Crippen LogP contribution >= 0.6 is 43.5 Å². The molecule has 0 saturated heterocycles. The van der Waals surface area contributed by atoms with Gasteiger partial charge in [0.1, 0.15) is 11.3 Å². The van der Waals surface area contributed by atoms with Gasteiger partial charge in [-0.1, -0.05) is 27.5 Å². The summed E-state index contributed by atoms with van der Waals surface area (Å²) in [5, 5.41) is 5.17. The monoisotopic (exact) mass is 518 g/mol. The van der Waals surface area contributed by atoms with Gasteiger partial charge in [0.05, 0.1) is 23.7 Å². The Morgan fingerprint density at radius 1 is 1.00 bits per heavy atom. The number of nitrogens with one attached hydrogen (secondary N) is 2. The number of imide groups is 1. The van der Waals surface area contributed by atoms with E-state index in [1.165, 1.54) is 14.2 Å². The van der Waals surface area contributed by atoms with Gasteiger partial charge < -0.3 is 14.8 Å². The molecule has 0 radical (unpaired) electrons. The molecule has 0 unspecified atom stereocenters. The number of carbonyl (C=O) groups excluding carboxylic acids is 2. The Labute approximate surface area is 178 Å². The second-order valence-electron chi connectivity index (χ2n) is 5.60. The number of urea groups is 1. The first kappa shape index (κ1) is 21.5. The summed E-state index contributed by atoms with van der Waals surface area (Å²) in [5.41, 5.74) is 2.34. The number of hydrogen-bond donors (Lipinski definition) is 2. The van der Waals surface area contributed by atoms with E-state index in [1.807, 2.05) is 26.0 Å². The van der Waals surface area contributed by atoms with Crippen molar-refractivity contribution in [1.82, 2.24) is 5.32 Å². The lowest BCUT2D eigenvalue weighted by Gasteiger charge is -2.16. The molecule has 3 amide bonds. The molecule has 2 rings (SSSR count). The molecule has 0 atom stereocenters. The number of amides is 3. The molecule has 0 spiro atoms. The number of ether oxygens (including phenoxy) is 2. The second-order valence-corrected chi connectivity index (χ2v) is 7.78. The van der Waals surface area contributed by atoms with E-state index in [1.54, 1.807) is 6.07 Å². The highest BCUT2D eigenvalue weighted by molar-refractivity contribution is 9.10. The Morgan fingerprint density at radius 2 is 1.56 bits per heavy atom. The minimum absolute atomic E-state index is 0.0128. The zero-order valence-corrected chi connectivity index (χ0v) is 18.9. The number of halogens is 3. The molecule has 0 aliphatic rings. The third-order valence-corrected chi connectivity index (χ3v) is 5.07. The third-order valence-electron chi connectivity index (χ3n) is 3.74. The molecule has 2 N–H and O–H groups in total. The van der Waals surface area contributed by atoms with Crippen LogP contribution in [0.4, 0.5) is 10.5 Å². The summed E-state index contributed by atoms with van der Waals surface area (Å²) in [6.07, 6.45) is 0. The molecule has 0 bridgehead atoms. The number of aryl methyl sites for hydroxylation is 2. The maximum atomic E-state index is 12.7. The van der Waals surface area contributed by atoms with Crippen molar-refractivity contribution in [3.63, 3.8) is 0 Å². The highest BCUT2D eigenvalue weighted by atomic mass is 79.9. The van der Waals surface area contributed by atoms with Gasteiger partial charge in [-0.15, -0.1) is 0 Å². The van der Waals surface area contributed by atoms with E-state index in [0.717, 1.165) is 15.6 Å². The van der Waals surface area contributed by atoms with E-state index in [-0.39, 0.29) is 22.1 Å². The Morgan fingerprint density at radius 3 is 2.07 bits per heavy atom. The summed E-state index contributed by atoms with van der Waals surface area (Å²) in [5.74, 6) is -0.396. The van der Waals surface area contributed by atoms with E-state index in [9.17, 15) is 9.59 Å². The molecular formula is C18H17Br2ClN2O4. The summed E-state index contributed by atoms with van der Waals surface area (Å²) in [4.78, 5) is 25.1. The molecule has 0 fully saturated rings. The molecule has 9 heteroatoms. The molecule has 0 aromatic heterocycles. The van der Waals surface area contributed by atoms with Gasteiger partial charge in [0.25, 0.3) is 5.91 Å². The van der Waals surface area contributed by atoms with Crippen molar-refractivity contribution in [2.75, 3.05) is 19.5 Å². The van der Waals surface area contributed by atoms with E-state index >= 15 is 0 Å². The van der Waals surface area contributed by atoms with E-state index in [0.29, 0.717) is 10.2 Å². The summed E-state index contributed by atoms with van der Waals surface area (Å²) in [6, 6.07) is 4.59. The molecule has 144 valence electrons. The lowest BCUT2D eigenvalue weighted by atomic mass is 10.1. The van der Waals surface area contributed by atoms with Crippen LogP contribution in [0.5, 0.6) is 11.5 Å². The first-order valence-electron chi connectivity index (χ1n) is 7.68. The highest BCUT2D eigenvalue weighted by Crippen LogP contribution is 2.41. The highest BCUT2D eigenvalue weighted by Gasteiger charge is 2.25. The number of rotatable bonds is 4. The molecule has 2 aromatic rings. The van der Waals surface area contributed by atoms with Crippen molar-refractivity contribution >= 4 is 61.1 Å². The van der Waals surface area contributed by atoms with Crippen LogP contribution in [-0.2, 0) is 0 Å². The molecule has 6 nitrogen and oxygen atoms in total. The zero-order chi connectivity index (χ0) is 20.3. The molecule has 0 heterocycles. The standard InChI is InChI=1S/C18H17Br2ClN2O4/c1-8-5-10(19)6-9(2)14(8)22-18(25)23-17(24)13-15(26-3)11(20)7-12(21)16(13)27-4/h5-7H,1-4H3,(H2,22,23,24,25). The fourth-order valence-electron chi connectivity index (χ4n) is 2.61. The van der Waals surface area contributed by atoms with Gasteiger partial charge in [-0.05, 0) is 59.1 Å². The quantitative estimate of drug-likeness (QED) is 0.561. The number of anilines is 1. The van der Waals surface area contributed by atoms with Crippen LogP contribution in [0.15, 0.2) is 27.1 Å². The zero-order valence-electron chi connectivity index (χ0n) is 15.0. The molecule has 0 saturated carbocycles. The van der Waals surface area contributed by atoms with Gasteiger partial charge in [-0.2, -0.15) is 0 Å². The fraction of sp³-hybridized carbons (Fsp3) is 0.222. The number of carbonyl (C=O) groups is 2. The predicted molar refractivity (Wildman–Crippen MR) is 112 cm³/mol. The second kappa shape index (κ2) is 8.95. The Hall–Kier alpha value is -1.77. The van der Waals surface area contributed by atoms with Crippen molar-refractivity contribution in [2.24, 2.45) is 0 Å². The minimum atomic E-state index is -0.711. The lowest BCUT2D eigenvalue weighted by Crippen LogP contribution is -2.35. The lowest BCUT2D eigenvalue weighted by molar-refractivity contribution is 0.0961. The molecule has 2 aromatic carbocycles. The van der Waals surface area contributed by atoms with Crippen LogP contribution in [0.2, 0.25) is 5.02 Å². The summed E-state index contributed by atoms with van der Waals surface area (Å²) >= 11 is 12.8. The van der Waals surface area contributed by atoms with Gasteiger partial charge in [0.15, 0.2) is 5.75 Å². The third kappa shape index (κ3) is 4.75. The number of methoxy groups -OCH3 is 2. The van der Waals surface area contributed by atoms with Crippen LogP contribution in [-0.4, -0.2) is 26.2 Å². The van der Waals surface area contributed by atoms with Gasteiger partial charge in [-0.3, -0.25) is 10.1 Å². The maximum absolute atomic E-state index is 12.7. The van der Waals surface area contributed by atoms with Crippen molar-refractivity contribution in [3.05, 3.63) is 48.9 Å². The molecular weight excluding hydrogens is 503 g/mol. The number of hydrogen-bond acceptors (Lipinski definition) is 4. The van der Waals surface area contributed by atoms with Crippen molar-refractivity contribution < 1.29 is 19.1 Å². The van der Waals surface area contributed by atoms with Crippen molar-refractivity contribution in [1.29, 1.82) is 0 Å². The first-order chi connectivity index (χ1) is 12.7. The SMILES string of the molecule is COc1c(Cl)cc(Br)c(OC)c1C(=O)NC(=O)Nc1c(C)cc(Br)cc1C. The predicted octanol–water partition coefficient (Wildman–Crippen LogP) is 5.46. The molecule has 0 aliphatic heterocycles.